The minimum absolute atomic E-state index is 0.0337. The molecule has 2 rings (SSSR count). The summed E-state index contributed by atoms with van der Waals surface area (Å²) >= 11 is 1.49. The maximum absolute atomic E-state index is 12.9. The van der Waals surface area contributed by atoms with Crippen LogP contribution in [0.1, 0.15) is 58.8 Å². The number of hydrogen-bond donors (Lipinski definition) is 2. The summed E-state index contributed by atoms with van der Waals surface area (Å²) in [5.74, 6) is -0.227. The Bertz CT molecular complexity index is 1010. The number of benzene rings is 1. The van der Waals surface area contributed by atoms with Crippen molar-refractivity contribution in [1.29, 1.82) is 0 Å². The van der Waals surface area contributed by atoms with Crippen LogP contribution in [0, 0.1) is 41.5 Å². The molecule has 1 aromatic carbocycles. The van der Waals surface area contributed by atoms with Crippen LogP contribution in [-0.2, 0) is 20.4 Å². The van der Waals surface area contributed by atoms with Gasteiger partial charge in [-0.2, -0.15) is 0 Å². The molecule has 0 spiro atoms. The number of rotatable bonds is 7. The Morgan fingerprint density at radius 3 is 2.00 bits per heavy atom. The molecule has 1 heterocycles. The van der Waals surface area contributed by atoms with Gasteiger partial charge in [-0.25, -0.2) is 18.1 Å². The second-order valence-corrected chi connectivity index (χ2v) is 10.6. The van der Waals surface area contributed by atoms with Gasteiger partial charge in [0.25, 0.3) is 0 Å². The number of aryl methyl sites for hydroxylation is 1. The van der Waals surface area contributed by atoms with Gasteiger partial charge in [-0.3, -0.25) is 4.79 Å². The molecule has 0 bridgehead atoms. The third-order valence-electron chi connectivity index (χ3n) is 5.45. The summed E-state index contributed by atoms with van der Waals surface area (Å²) in [7, 11) is -3.71. The molecule has 160 valence electrons. The molecule has 0 radical (unpaired) electrons. The van der Waals surface area contributed by atoms with Crippen LogP contribution >= 0.6 is 11.3 Å². The summed E-state index contributed by atoms with van der Waals surface area (Å²) in [6, 6.07) is 0. The smallest absolute Gasteiger partial charge is 0.241 e. The number of sulfonamides is 1. The fourth-order valence-corrected chi connectivity index (χ4v) is 5.85. The molecule has 0 aliphatic heterocycles. The van der Waals surface area contributed by atoms with E-state index in [1.54, 1.807) is 0 Å². The predicted molar refractivity (Wildman–Crippen MR) is 118 cm³/mol. The Morgan fingerprint density at radius 2 is 1.52 bits per heavy atom. The fourth-order valence-electron chi connectivity index (χ4n) is 3.35. The van der Waals surface area contributed by atoms with Crippen molar-refractivity contribution in [2.45, 2.75) is 72.2 Å². The van der Waals surface area contributed by atoms with E-state index in [9.17, 15) is 13.2 Å². The Kier molecular flexibility index (Phi) is 6.92. The lowest BCUT2D eigenvalue weighted by Crippen LogP contribution is -2.42. The lowest BCUT2D eigenvalue weighted by molar-refractivity contribution is -0.122. The maximum atomic E-state index is 12.9. The summed E-state index contributed by atoms with van der Waals surface area (Å²) in [6.45, 7) is 15.2. The molecule has 6 nitrogen and oxygen atoms in total. The minimum atomic E-state index is -3.71. The van der Waals surface area contributed by atoms with Crippen molar-refractivity contribution < 1.29 is 13.2 Å². The van der Waals surface area contributed by atoms with Crippen LogP contribution in [0.2, 0.25) is 0 Å². The van der Waals surface area contributed by atoms with Gasteiger partial charge in [0.05, 0.1) is 10.4 Å². The normalized spacial score (nSPS) is 12.3. The summed E-state index contributed by atoms with van der Waals surface area (Å²) in [5.41, 5.74) is 4.88. The highest BCUT2D eigenvalue weighted by Crippen LogP contribution is 2.29. The first-order chi connectivity index (χ1) is 13.3. The molecule has 0 saturated carbocycles. The lowest BCUT2D eigenvalue weighted by Gasteiger charge is -2.24. The summed E-state index contributed by atoms with van der Waals surface area (Å²) in [6.07, 6.45) is 0.0505. The van der Waals surface area contributed by atoms with Crippen molar-refractivity contribution >= 4 is 27.3 Å². The largest absolute Gasteiger partial charge is 0.345 e. The van der Waals surface area contributed by atoms with Gasteiger partial charge >= 0.3 is 0 Å². The molecule has 0 saturated heterocycles. The van der Waals surface area contributed by atoms with E-state index in [0.29, 0.717) is 4.90 Å². The van der Waals surface area contributed by atoms with Gasteiger partial charge in [-0.05, 0) is 83.2 Å². The molecule has 0 atom stereocenters. The van der Waals surface area contributed by atoms with Gasteiger partial charge in [0.2, 0.25) is 15.9 Å². The molecule has 29 heavy (non-hydrogen) atoms. The van der Waals surface area contributed by atoms with Crippen LogP contribution in [0.3, 0.4) is 0 Å². The maximum Gasteiger partial charge on any atom is 0.241 e. The van der Waals surface area contributed by atoms with E-state index in [1.165, 1.54) is 11.3 Å². The quantitative estimate of drug-likeness (QED) is 0.691. The van der Waals surface area contributed by atoms with Crippen LogP contribution in [0.5, 0.6) is 0 Å². The molecule has 0 fully saturated rings. The van der Waals surface area contributed by atoms with E-state index in [0.717, 1.165) is 38.5 Å². The first kappa shape index (κ1) is 23.5. The second kappa shape index (κ2) is 8.53. The fraction of sp³-hybridized carbons (Fsp3) is 0.524. The highest BCUT2D eigenvalue weighted by molar-refractivity contribution is 7.89. The molecule has 0 unspecified atom stereocenters. The predicted octanol–water partition coefficient (Wildman–Crippen LogP) is 3.71. The van der Waals surface area contributed by atoms with Crippen molar-refractivity contribution in [2.75, 3.05) is 6.54 Å². The van der Waals surface area contributed by atoms with Crippen LogP contribution in [0.4, 0.5) is 0 Å². The van der Waals surface area contributed by atoms with Gasteiger partial charge < -0.3 is 5.32 Å². The topological polar surface area (TPSA) is 88.2 Å². The number of carbonyl (C=O) groups excluding carboxylic acids is 1. The number of thiazole rings is 1. The zero-order valence-electron chi connectivity index (χ0n) is 18.5. The third kappa shape index (κ3) is 5.05. The highest BCUT2D eigenvalue weighted by atomic mass is 32.2. The number of nitrogens with zero attached hydrogens (tertiary/aromatic N) is 1. The second-order valence-electron chi connectivity index (χ2n) is 8.07. The van der Waals surface area contributed by atoms with Crippen molar-refractivity contribution in [2.24, 2.45) is 0 Å². The Hall–Kier alpha value is -1.77. The van der Waals surface area contributed by atoms with Crippen molar-refractivity contribution in [3.05, 3.63) is 43.9 Å². The molecular formula is C21H31N3O3S2. The van der Waals surface area contributed by atoms with Crippen molar-refractivity contribution in [3.8, 4) is 0 Å². The van der Waals surface area contributed by atoms with Gasteiger partial charge in [0.1, 0.15) is 5.01 Å². The van der Waals surface area contributed by atoms with Gasteiger partial charge in [-0.1, -0.05) is 0 Å². The van der Waals surface area contributed by atoms with E-state index >= 15 is 0 Å². The highest BCUT2D eigenvalue weighted by Gasteiger charge is 2.27. The van der Waals surface area contributed by atoms with Gasteiger partial charge in [0, 0.05) is 24.0 Å². The number of amides is 1. The first-order valence-corrected chi connectivity index (χ1v) is 11.9. The number of nitrogens with one attached hydrogen (secondary N) is 2. The molecule has 0 aliphatic carbocycles. The molecule has 1 aromatic heterocycles. The van der Waals surface area contributed by atoms with E-state index in [2.05, 4.69) is 15.0 Å². The van der Waals surface area contributed by atoms with E-state index in [4.69, 9.17) is 0 Å². The summed E-state index contributed by atoms with van der Waals surface area (Å²) < 4.78 is 28.4. The monoisotopic (exact) mass is 437 g/mol. The molecule has 2 aromatic rings. The Morgan fingerprint density at radius 1 is 1.00 bits per heavy atom. The standard InChI is InChI=1S/C21H31N3O3S2/c1-12-11-28-20(23-12)21(7,8)24-18(25)9-10-22-29(26,27)19-16(5)14(3)13(2)15(4)17(19)6/h11,22H,9-10H2,1-8H3,(H,24,25). The average molecular weight is 438 g/mol. The number of carbonyl (C=O) groups is 1. The Balaban J connectivity index is 2.08. The summed E-state index contributed by atoms with van der Waals surface area (Å²) in [5, 5.41) is 5.69. The third-order valence-corrected chi connectivity index (χ3v) is 8.47. The van der Waals surface area contributed by atoms with Crippen molar-refractivity contribution in [3.63, 3.8) is 0 Å². The first-order valence-electron chi connectivity index (χ1n) is 9.58. The van der Waals surface area contributed by atoms with Crippen LogP contribution in [0.15, 0.2) is 10.3 Å². The molecule has 1 amide bonds. The average Bonchev–Trinajstić information content (AvgIpc) is 3.05. The van der Waals surface area contributed by atoms with Crippen LogP contribution in [-0.4, -0.2) is 25.9 Å². The molecular weight excluding hydrogens is 406 g/mol. The lowest BCUT2D eigenvalue weighted by atomic mass is 9.95. The molecule has 8 heteroatoms. The minimum Gasteiger partial charge on any atom is -0.345 e. The van der Waals surface area contributed by atoms with E-state index in [-0.39, 0.29) is 18.9 Å². The number of aromatic nitrogens is 1. The number of hydrogen-bond acceptors (Lipinski definition) is 5. The summed E-state index contributed by atoms with van der Waals surface area (Å²) in [4.78, 5) is 17.1. The Labute approximate surface area is 178 Å². The zero-order valence-corrected chi connectivity index (χ0v) is 20.1. The van der Waals surface area contributed by atoms with Crippen LogP contribution < -0.4 is 10.0 Å². The van der Waals surface area contributed by atoms with Crippen LogP contribution in [0.25, 0.3) is 0 Å². The SMILES string of the molecule is Cc1csc(C(C)(C)NC(=O)CCNS(=O)(=O)c2c(C)c(C)c(C)c(C)c2C)n1. The van der Waals surface area contributed by atoms with Gasteiger partial charge in [-0.15, -0.1) is 11.3 Å². The molecule has 0 aliphatic rings. The van der Waals surface area contributed by atoms with E-state index < -0.39 is 15.6 Å². The van der Waals surface area contributed by atoms with Gasteiger partial charge in [0.15, 0.2) is 0 Å². The van der Waals surface area contributed by atoms with Crippen molar-refractivity contribution in [1.82, 2.24) is 15.0 Å². The van der Waals surface area contributed by atoms with E-state index in [1.807, 2.05) is 60.8 Å². The molecule has 2 N–H and O–H groups in total. The zero-order chi connectivity index (χ0) is 22.1.